The van der Waals surface area contributed by atoms with E-state index in [2.05, 4.69) is 14.8 Å². The van der Waals surface area contributed by atoms with Crippen LogP contribution in [0.25, 0.3) is 0 Å². The molecule has 1 aliphatic heterocycles. The van der Waals surface area contributed by atoms with E-state index in [9.17, 15) is 0 Å². The van der Waals surface area contributed by atoms with E-state index in [1.807, 2.05) is 0 Å². The van der Waals surface area contributed by atoms with Crippen LogP contribution in [0.2, 0.25) is 15.2 Å². The Labute approximate surface area is 134 Å². The van der Waals surface area contributed by atoms with E-state index in [0.29, 0.717) is 15.2 Å². The third-order valence-corrected chi connectivity index (χ3v) is 5.27. The number of aromatic nitrogens is 1. The normalized spacial score (nSPS) is 21.6. The summed E-state index contributed by atoms with van der Waals surface area (Å²) in [5.74, 6) is 0.757. The zero-order valence-electron chi connectivity index (χ0n) is 11.3. The van der Waals surface area contributed by atoms with Crippen LogP contribution in [0.15, 0.2) is 6.07 Å². The summed E-state index contributed by atoms with van der Waals surface area (Å²) in [6, 6.07) is 2.46. The van der Waals surface area contributed by atoms with Crippen molar-refractivity contribution in [3.8, 4) is 0 Å². The van der Waals surface area contributed by atoms with E-state index in [0.717, 1.165) is 38.0 Å². The van der Waals surface area contributed by atoms with Crippen LogP contribution in [0, 0.1) is 0 Å². The quantitative estimate of drug-likeness (QED) is 0.759. The maximum atomic E-state index is 6.24. The second-order valence-electron chi connectivity index (χ2n) is 5.53. The number of rotatable bonds is 2. The number of pyridine rings is 1. The zero-order valence-corrected chi connectivity index (χ0v) is 13.6. The molecule has 0 unspecified atom stereocenters. The van der Waals surface area contributed by atoms with E-state index >= 15 is 0 Å². The lowest BCUT2D eigenvalue weighted by atomic mass is 10.2. The lowest BCUT2D eigenvalue weighted by molar-refractivity contribution is 0.187. The van der Waals surface area contributed by atoms with Gasteiger partial charge in [-0.25, -0.2) is 4.98 Å². The van der Waals surface area contributed by atoms with Gasteiger partial charge in [0.05, 0.1) is 10.0 Å². The number of nitrogens with zero attached hydrogens (tertiary/aromatic N) is 3. The van der Waals surface area contributed by atoms with E-state index in [1.165, 1.54) is 25.7 Å². The summed E-state index contributed by atoms with van der Waals surface area (Å²) in [5, 5.41) is 1.31. The number of halogens is 3. The molecule has 0 spiro atoms. The van der Waals surface area contributed by atoms with Gasteiger partial charge in [0.15, 0.2) is 0 Å². The number of piperazine rings is 1. The summed E-state index contributed by atoms with van der Waals surface area (Å²) in [4.78, 5) is 9.14. The van der Waals surface area contributed by atoms with Crippen molar-refractivity contribution in [2.24, 2.45) is 0 Å². The summed E-state index contributed by atoms with van der Waals surface area (Å²) in [5.41, 5.74) is 0. The standard InChI is InChI=1S/C14H18Cl3N3/c15-11-9-12(16)14(18-13(11)17)20-7-5-19(6-8-20)10-3-1-2-4-10/h9-10H,1-8H2. The molecule has 2 heterocycles. The molecule has 1 aliphatic carbocycles. The van der Waals surface area contributed by atoms with Gasteiger partial charge in [-0.1, -0.05) is 47.6 Å². The fraction of sp³-hybridized carbons (Fsp3) is 0.643. The molecule has 3 rings (SSSR count). The van der Waals surface area contributed by atoms with E-state index in [1.54, 1.807) is 6.07 Å². The van der Waals surface area contributed by atoms with Gasteiger partial charge in [-0.15, -0.1) is 0 Å². The SMILES string of the molecule is Clc1cc(Cl)c(N2CCN(C3CCCC3)CC2)nc1Cl. The molecule has 0 aromatic carbocycles. The predicted molar refractivity (Wildman–Crippen MR) is 85.3 cm³/mol. The molecular formula is C14H18Cl3N3. The summed E-state index contributed by atoms with van der Waals surface area (Å²) in [7, 11) is 0. The van der Waals surface area contributed by atoms with Gasteiger partial charge in [-0.05, 0) is 18.9 Å². The highest BCUT2D eigenvalue weighted by atomic mass is 35.5. The molecule has 0 atom stereocenters. The van der Waals surface area contributed by atoms with Crippen LogP contribution >= 0.6 is 34.8 Å². The molecule has 2 aliphatic rings. The molecule has 6 heteroatoms. The Hall–Kier alpha value is -0.220. The van der Waals surface area contributed by atoms with Gasteiger partial charge in [-0.2, -0.15) is 0 Å². The third kappa shape index (κ3) is 3.01. The predicted octanol–water partition coefficient (Wildman–Crippen LogP) is 4.11. The molecular weight excluding hydrogens is 317 g/mol. The van der Waals surface area contributed by atoms with Gasteiger partial charge in [0.1, 0.15) is 11.0 Å². The van der Waals surface area contributed by atoms with Gasteiger partial charge < -0.3 is 4.90 Å². The molecule has 0 N–H and O–H groups in total. The van der Waals surface area contributed by atoms with Crippen molar-refractivity contribution in [1.82, 2.24) is 9.88 Å². The van der Waals surface area contributed by atoms with Crippen LogP contribution in [0.1, 0.15) is 25.7 Å². The summed E-state index contributed by atoms with van der Waals surface area (Å²) in [6.07, 6.45) is 5.47. The zero-order chi connectivity index (χ0) is 14.1. The van der Waals surface area contributed by atoms with E-state index < -0.39 is 0 Å². The molecule has 0 bridgehead atoms. The van der Waals surface area contributed by atoms with Crippen LogP contribution in [0.3, 0.4) is 0 Å². The Bertz CT molecular complexity index is 481. The van der Waals surface area contributed by atoms with E-state index in [4.69, 9.17) is 34.8 Å². The Morgan fingerprint density at radius 1 is 0.950 bits per heavy atom. The minimum absolute atomic E-state index is 0.323. The first-order valence-corrected chi connectivity index (χ1v) is 8.29. The number of hydrogen-bond donors (Lipinski definition) is 0. The lowest BCUT2D eigenvalue weighted by Crippen LogP contribution is -2.50. The first kappa shape index (κ1) is 14.7. The summed E-state index contributed by atoms with van der Waals surface area (Å²) >= 11 is 18.2. The average molecular weight is 335 g/mol. The third-order valence-electron chi connectivity index (χ3n) is 4.32. The van der Waals surface area contributed by atoms with E-state index in [-0.39, 0.29) is 0 Å². The second-order valence-corrected chi connectivity index (χ2v) is 6.70. The smallest absolute Gasteiger partial charge is 0.150 e. The minimum atomic E-state index is 0.323. The van der Waals surface area contributed by atoms with Crippen molar-refractivity contribution in [3.05, 3.63) is 21.3 Å². The molecule has 1 saturated heterocycles. The largest absolute Gasteiger partial charge is 0.353 e. The highest BCUT2D eigenvalue weighted by Gasteiger charge is 2.27. The van der Waals surface area contributed by atoms with Gasteiger partial charge in [0.2, 0.25) is 0 Å². The minimum Gasteiger partial charge on any atom is -0.353 e. The summed E-state index contributed by atoms with van der Waals surface area (Å²) in [6.45, 7) is 4.04. The van der Waals surface area contributed by atoms with Crippen molar-refractivity contribution in [2.45, 2.75) is 31.7 Å². The van der Waals surface area contributed by atoms with Crippen molar-refractivity contribution in [2.75, 3.05) is 31.1 Å². The highest BCUT2D eigenvalue weighted by molar-refractivity contribution is 6.42. The van der Waals surface area contributed by atoms with Gasteiger partial charge in [0.25, 0.3) is 0 Å². The van der Waals surface area contributed by atoms with Gasteiger partial charge in [-0.3, -0.25) is 4.90 Å². The second kappa shape index (κ2) is 6.27. The lowest BCUT2D eigenvalue weighted by Gasteiger charge is -2.38. The monoisotopic (exact) mass is 333 g/mol. The van der Waals surface area contributed by atoms with Crippen molar-refractivity contribution in [1.29, 1.82) is 0 Å². The first-order chi connectivity index (χ1) is 9.65. The average Bonchev–Trinajstić information content (AvgIpc) is 2.97. The maximum absolute atomic E-state index is 6.24. The molecule has 1 saturated carbocycles. The maximum Gasteiger partial charge on any atom is 0.150 e. The Morgan fingerprint density at radius 3 is 2.25 bits per heavy atom. The topological polar surface area (TPSA) is 19.4 Å². The molecule has 20 heavy (non-hydrogen) atoms. The Balaban J connectivity index is 1.67. The molecule has 110 valence electrons. The van der Waals surface area contributed by atoms with Crippen molar-refractivity contribution in [3.63, 3.8) is 0 Å². The highest BCUT2D eigenvalue weighted by Crippen LogP contribution is 2.32. The Kier molecular flexibility index (Phi) is 4.61. The van der Waals surface area contributed by atoms with Crippen LogP contribution in [0.4, 0.5) is 5.82 Å². The molecule has 0 amide bonds. The molecule has 3 nitrogen and oxygen atoms in total. The van der Waals surface area contributed by atoms with Crippen LogP contribution in [-0.4, -0.2) is 42.1 Å². The molecule has 2 fully saturated rings. The number of hydrogen-bond acceptors (Lipinski definition) is 3. The fourth-order valence-electron chi connectivity index (χ4n) is 3.23. The van der Waals surface area contributed by atoms with Gasteiger partial charge >= 0.3 is 0 Å². The van der Waals surface area contributed by atoms with Crippen LogP contribution in [0.5, 0.6) is 0 Å². The van der Waals surface area contributed by atoms with Crippen LogP contribution < -0.4 is 4.90 Å². The van der Waals surface area contributed by atoms with Crippen molar-refractivity contribution >= 4 is 40.6 Å². The summed E-state index contributed by atoms with van der Waals surface area (Å²) < 4.78 is 0. The van der Waals surface area contributed by atoms with Crippen molar-refractivity contribution < 1.29 is 0 Å². The van der Waals surface area contributed by atoms with Crippen LogP contribution in [-0.2, 0) is 0 Å². The first-order valence-electron chi connectivity index (χ1n) is 7.15. The number of anilines is 1. The fourth-order valence-corrected chi connectivity index (χ4v) is 3.84. The van der Waals surface area contributed by atoms with Gasteiger partial charge in [0, 0.05) is 32.2 Å². The Morgan fingerprint density at radius 2 is 1.60 bits per heavy atom. The molecule has 1 aromatic heterocycles. The molecule has 1 aromatic rings. The molecule has 0 radical (unpaired) electrons.